The zero-order chi connectivity index (χ0) is 21.6. The predicted octanol–water partition coefficient (Wildman–Crippen LogP) is 1.58. The molecule has 2 fully saturated rings. The van der Waals surface area contributed by atoms with E-state index in [0.29, 0.717) is 35.4 Å². The molecule has 1 aromatic rings. The fourth-order valence-corrected chi connectivity index (χ4v) is 4.35. The van der Waals surface area contributed by atoms with Crippen LogP contribution in [0.25, 0.3) is 0 Å². The molecule has 3 aliphatic rings. The standard InChI is InChI=1S/C21H30Cl2N6O2/c22-18-2-1-17(15-19(18)23)29-4-3-20(25-29)24-21(30)16-28-9-7-26(8-10-28)5-6-27-11-13-31-14-12-27/h1-2,15H,3-14,16H2,(H,24,25,30). The van der Waals surface area contributed by atoms with Crippen LogP contribution in [0.3, 0.4) is 0 Å². The number of hydrogen-bond donors (Lipinski definition) is 1. The van der Waals surface area contributed by atoms with E-state index >= 15 is 0 Å². The van der Waals surface area contributed by atoms with Gasteiger partial charge in [-0.05, 0) is 18.2 Å². The summed E-state index contributed by atoms with van der Waals surface area (Å²) in [6.07, 6.45) is 0.696. The highest BCUT2D eigenvalue weighted by molar-refractivity contribution is 6.42. The monoisotopic (exact) mass is 468 g/mol. The van der Waals surface area contributed by atoms with Crippen molar-refractivity contribution in [2.75, 3.05) is 83.7 Å². The smallest absolute Gasteiger partial charge is 0.239 e. The fourth-order valence-electron chi connectivity index (χ4n) is 4.06. The van der Waals surface area contributed by atoms with Crippen LogP contribution in [0.1, 0.15) is 6.42 Å². The molecular formula is C21H30Cl2N6O2. The van der Waals surface area contributed by atoms with E-state index < -0.39 is 0 Å². The molecule has 10 heteroatoms. The number of amidine groups is 1. The third kappa shape index (κ3) is 6.54. The number of halogens is 2. The maximum absolute atomic E-state index is 12.5. The lowest BCUT2D eigenvalue weighted by Crippen LogP contribution is -2.51. The Hall–Kier alpha value is -1.42. The van der Waals surface area contributed by atoms with Gasteiger partial charge in [0.25, 0.3) is 0 Å². The van der Waals surface area contributed by atoms with Gasteiger partial charge in [0.1, 0.15) is 5.84 Å². The molecule has 0 aromatic heterocycles. The molecule has 1 aromatic carbocycles. The van der Waals surface area contributed by atoms with Crippen LogP contribution in [0.15, 0.2) is 23.3 Å². The number of carbonyl (C=O) groups excluding carboxylic acids is 1. The summed E-state index contributed by atoms with van der Waals surface area (Å²) < 4.78 is 5.41. The van der Waals surface area contributed by atoms with Crippen molar-refractivity contribution in [1.29, 1.82) is 0 Å². The lowest BCUT2D eigenvalue weighted by molar-refractivity contribution is -0.121. The number of amides is 1. The van der Waals surface area contributed by atoms with Gasteiger partial charge in [0.05, 0.1) is 35.5 Å². The molecule has 0 aliphatic carbocycles. The van der Waals surface area contributed by atoms with Crippen molar-refractivity contribution >= 4 is 40.6 Å². The second-order valence-electron chi connectivity index (χ2n) is 8.14. The number of morpholine rings is 1. The number of nitrogens with one attached hydrogen (secondary N) is 1. The molecule has 8 nitrogen and oxygen atoms in total. The molecule has 2 saturated heterocycles. The molecule has 170 valence electrons. The Labute approximate surface area is 193 Å². The van der Waals surface area contributed by atoms with Gasteiger partial charge in [-0.15, -0.1) is 0 Å². The summed E-state index contributed by atoms with van der Waals surface area (Å²) in [5.74, 6) is 0.691. The molecule has 0 bridgehead atoms. The second-order valence-corrected chi connectivity index (χ2v) is 8.95. The lowest BCUT2D eigenvalue weighted by Gasteiger charge is -2.36. The van der Waals surface area contributed by atoms with Crippen molar-refractivity contribution in [3.8, 4) is 0 Å². The molecular weight excluding hydrogens is 439 g/mol. The number of rotatable bonds is 6. The zero-order valence-electron chi connectivity index (χ0n) is 17.7. The number of carbonyl (C=O) groups is 1. The van der Waals surface area contributed by atoms with Gasteiger partial charge in [-0.1, -0.05) is 23.2 Å². The maximum atomic E-state index is 12.5. The van der Waals surface area contributed by atoms with Crippen molar-refractivity contribution in [3.63, 3.8) is 0 Å². The third-order valence-corrected chi connectivity index (χ3v) is 6.69. The minimum absolute atomic E-state index is 0.00324. The van der Waals surface area contributed by atoms with E-state index in [1.165, 1.54) is 0 Å². The molecule has 3 aliphatic heterocycles. The summed E-state index contributed by atoms with van der Waals surface area (Å²) in [4.78, 5) is 19.7. The summed E-state index contributed by atoms with van der Waals surface area (Å²) in [6, 6.07) is 5.42. The van der Waals surface area contributed by atoms with E-state index in [1.54, 1.807) is 12.1 Å². The first-order valence-electron chi connectivity index (χ1n) is 10.9. The van der Waals surface area contributed by atoms with Crippen molar-refractivity contribution in [2.45, 2.75) is 6.42 Å². The van der Waals surface area contributed by atoms with Crippen molar-refractivity contribution < 1.29 is 9.53 Å². The van der Waals surface area contributed by atoms with Crippen LogP contribution >= 0.6 is 23.2 Å². The average Bonchev–Trinajstić information content (AvgIpc) is 3.24. The van der Waals surface area contributed by atoms with E-state index in [-0.39, 0.29) is 5.91 Å². The number of hydrogen-bond acceptors (Lipinski definition) is 7. The molecule has 0 spiro atoms. The first kappa shape index (κ1) is 22.8. The van der Waals surface area contributed by atoms with Crippen molar-refractivity contribution in [2.24, 2.45) is 5.10 Å². The Balaban J connectivity index is 1.17. The molecule has 1 amide bonds. The van der Waals surface area contributed by atoms with Crippen molar-refractivity contribution in [3.05, 3.63) is 28.2 Å². The number of nitrogens with zero attached hydrogens (tertiary/aromatic N) is 5. The molecule has 0 unspecified atom stereocenters. The van der Waals surface area contributed by atoms with Crippen molar-refractivity contribution in [1.82, 2.24) is 20.0 Å². The Bertz CT molecular complexity index is 794. The topological polar surface area (TPSA) is 63.7 Å². The van der Waals surface area contributed by atoms with Crippen LogP contribution in [0.2, 0.25) is 10.0 Å². The van der Waals surface area contributed by atoms with Gasteiger partial charge >= 0.3 is 0 Å². The fraction of sp³-hybridized carbons (Fsp3) is 0.619. The normalized spacial score (nSPS) is 21.4. The second kappa shape index (κ2) is 10.9. The highest BCUT2D eigenvalue weighted by Gasteiger charge is 2.22. The number of anilines is 1. The van der Waals surface area contributed by atoms with Crippen LogP contribution in [0.5, 0.6) is 0 Å². The highest BCUT2D eigenvalue weighted by atomic mass is 35.5. The number of benzene rings is 1. The first-order valence-corrected chi connectivity index (χ1v) is 11.7. The molecule has 0 radical (unpaired) electrons. The Kier molecular flexibility index (Phi) is 8.03. The molecule has 0 atom stereocenters. The van der Waals surface area contributed by atoms with Gasteiger partial charge in [0.15, 0.2) is 0 Å². The van der Waals surface area contributed by atoms with E-state index in [4.69, 9.17) is 27.9 Å². The molecule has 4 rings (SSSR count). The van der Waals surface area contributed by atoms with Gasteiger partial charge in [0, 0.05) is 65.3 Å². The molecule has 31 heavy (non-hydrogen) atoms. The van der Waals surface area contributed by atoms with Crippen LogP contribution in [-0.4, -0.2) is 105 Å². The summed E-state index contributed by atoms with van der Waals surface area (Å²) >= 11 is 12.1. The Morgan fingerprint density at radius 2 is 1.61 bits per heavy atom. The number of piperazine rings is 1. The van der Waals surface area contributed by atoms with Gasteiger partial charge in [-0.3, -0.25) is 24.5 Å². The Morgan fingerprint density at radius 3 is 2.32 bits per heavy atom. The summed E-state index contributed by atoms with van der Waals surface area (Å²) in [7, 11) is 0. The predicted molar refractivity (Wildman–Crippen MR) is 124 cm³/mol. The quantitative estimate of drug-likeness (QED) is 0.683. The van der Waals surface area contributed by atoms with Crippen LogP contribution < -0.4 is 10.3 Å². The minimum atomic E-state index is -0.00324. The number of hydrazone groups is 1. The number of ether oxygens (including phenoxy) is 1. The summed E-state index contributed by atoms with van der Waals surface area (Å²) in [6.45, 7) is 10.9. The summed E-state index contributed by atoms with van der Waals surface area (Å²) in [5, 5.41) is 10.3. The van der Waals surface area contributed by atoms with E-state index in [1.807, 2.05) is 11.1 Å². The molecule has 1 N–H and O–H groups in total. The third-order valence-electron chi connectivity index (χ3n) is 5.96. The van der Waals surface area contributed by atoms with Crippen LogP contribution in [0.4, 0.5) is 5.69 Å². The lowest BCUT2D eigenvalue weighted by atomic mass is 10.3. The Morgan fingerprint density at radius 1 is 0.935 bits per heavy atom. The SMILES string of the molecule is O=C(CN1CCN(CCN2CCOCC2)CC1)NC1=NN(c2ccc(Cl)c(Cl)c2)CC1. The van der Waals surface area contributed by atoms with Gasteiger partial charge in [-0.25, -0.2) is 0 Å². The summed E-state index contributed by atoms with van der Waals surface area (Å²) in [5.41, 5.74) is 0.867. The van der Waals surface area contributed by atoms with E-state index in [0.717, 1.165) is 71.3 Å². The molecule has 3 heterocycles. The van der Waals surface area contributed by atoms with Gasteiger partial charge < -0.3 is 10.1 Å². The minimum Gasteiger partial charge on any atom is -0.379 e. The van der Waals surface area contributed by atoms with Gasteiger partial charge in [0.2, 0.25) is 5.91 Å². The zero-order valence-corrected chi connectivity index (χ0v) is 19.2. The van der Waals surface area contributed by atoms with E-state index in [9.17, 15) is 4.79 Å². The van der Waals surface area contributed by atoms with Gasteiger partial charge in [-0.2, -0.15) is 5.10 Å². The average molecular weight is 469 g/mol. The van der Waals surface area contributed by atoms with Crippen LogP contribution in [0, 0.1) is 0 Å². The molecule has 0 saturated carbocycles. The first-order chi connectivity index (χ1) is 15.1. The highest BCUT2D eigenvalue weighted by Crippen LogP contribution is 2.28. The van der Waals surface area contributed by atoms with Crippen LogP contribution in [-0.2, 0) is 9.53 Å². The van der Waals surface area contributed by atoms with E-state index in [2.05, 4.69) is 25.1 Å². The largest absolute Gasteiger partial charge is 0.379 e. The maximum Gasteiger partial charge on any atom is 0.239 e.